The van der Waals surface area contributed by atoms with Gasteiger partial charge in [0.15, 0.2) is 0 Å². The third kappa shape index (κ3) is 5.77. The molecule has 5 heteroatoms. The molecule has 2 amide bonds. The molecule has 0 radical (unpaired) electrons. The summed E-state index contributed by atoms with van der Waals surface area (Å²) in [7, 11) is 0. The first-order valence-corrected chi connectivity index (χ1v) is 6.99. The molecule has 1 saturated heterocycles. The monoisotopic (exact) mass is 268 g/mol. The maximum Gasteiger partial charge on any atom is 0.407 e. The van der Waals surface area contributed by atoms with Crippen molar-refractivity contribution in [3.8, 4) is 0 Å². The highest BCUT2D eigenvalue weighted by molar-refractivity contribution is 5.76. The van der Waals surface area contributed by atoms with Gasteiger partial charge in [-0.15, -0.1) is 0 Å². The third-order valence-electron chi connectivity index (χ3n) is 3.25. The van der Waals surface area contributed by atoms with Crippen molar-refractivity contribution in [2.75, 3.05) is 19.7 Å². The maximum absolute atomic E-state index is 11.8. The Labute approximate surface area is 115 Å². The standard InChI is InChI=1S/C14H24N2O3/c1-3-5-6-13(17)16-9-7-12(8-10-16)15-14(18)19-11-4-2/h4,12H,2-3,5-11H2,1H3,(H,15,18). The Bertz CT molecular complexity index is 310. The number of unbranched alkanes of at least 4 members (excludes halogenated alkanes) is 1. The molecule has 0 spiro atoms. The summed E-state index contributed by atoms with van der Waals surface area (Å²) in [6.45, 7) is 7.22. The van der Waals surface area contributed by atoms with E-state index >= 15 is 0 Å². The van der Waals surface area contributed by atoms with Gasteiger partial charge in [-0.2, -0.15) is 0 Å². The highest BCUT2D eigenvalue weighted by atomic mass is 16.5. The topological polar surface area (TPSA) is 58.6 Å². The van der Waals surface area contributed by atoms with Gasteiger partial charge in [0.25, 0.3) is 0 Å². The quantitative estimate of drug-likeness (QED) is 0.750. The fraction of sp³-hybridized carbons (Fsp3) is 0.714. The number of hydrogen-bond acceptors (Lipinski definition) is 3. The fourth-order valence-corrected chi connectivity index (χ4v) is 2.10. The summed E-state index contributed by atoms with van der Waals surface area (Å²) in [6.07, 6.45) is 5.34. The lowest BCUT2D eigenvalue weighted by Crippen LogP contribution is -2.46. The summed E-state index contributed by atoms with van der Waals surface area (Å²) in [6, 6.07) is 0.104. The third-order valence-corrected chi connectivity index (χ3v) is 3.25. The van der Waals surface area contributed by atoms with Crippen LogP contribution in [0.5, 0.6) is 0 Å². The van der Waals surface area contributed by atoms with E-state index in [4.69, 9.17) is 4.74 Å². The Balaban J connectivity index is 2.23. The van der Waals surface area contributed by atoms with Crippen molar-refractivity contribution in [1.29, 1.82) is 0 Å². The van der Waals surface area contributed by atoms with E-state index in [-0.39, 0.29) is 18.6 Å². The first-order chi connectivity index (χ1) is 9.17. The lowest BCUT2D eigenvalue weighted by atomic mass is 10.0. The number of carbonyl (C=O) groups is 2. The van der Waals surface area contributed by atoms with E-state index in [0.717, 1.165) is 38.8 Å². The van der Waals surface area contributed by atoms with E-state index in [2.05, 4.69) is 18.8 Å². The second-order valence-electron chi connectivity index (χ2n) is 4.79. The molecule has 1 aliphatic rings. The van der Waals surface area contributed by atoms with Crippen LogP contribution in [0.1, 0.15) is 39.0 Å². The average molecular weight is 268 g/mol. The molecule has 0 aromatic rings. The Kier molecular flexibility index (Phi) is 7.00. The van der Waals surface area contributed by atoms with Gasteiger partial charge in [0.2, 0.25) is 5.91 Å². The van der Waals surface area contributed by atoms with Crippen LogP contribution >= 0.6 is 0 Å². The summed E-state index contributed by atoms with van der Waals surface area (Å²) in [5.74, 6) is 0.231. The number of hydrogen-bond donors (Lipinski definition) is 1. The van der Waals surface area contributed by atoms with Crippen molar-refractivity contribution in [3.05, 3.63) is 12.7 Å². The van der Waals surface area contributed by atoms with Gasteiger partial charge in [0, 0.05) is 25.6 Å². The van der Waals surface area contributed by atoms with Gasteiger partial charge in [0.1, 0.15) is 6.61 Å². The molecule has 0 aliphatic carbocycles. The van der Waals surface area contributed by atoms with E-state index in [1.165, 1.54) is 6.08 Å². The van der Waals surface area contributed by atoms with Crippen molar-refractivity contribution in [3.63, 3.8) is 0 Å². The van der Waals surface area contributed by atoms with Crippen LogP contribution in [-0.2, 0) is 9.53 Å². The minimum atomic E-state index is -0.407. The number of amides is 2. The van der Waals surface area contributed by atoms with Crippen LogP contribution in [0, 0.1) is 0 Å². The average Bonchev–Trinajstić information content (AvgIpc) is 2.43. The number of nitrogens with one attached hydrogen (secondary N) is 1. The summed E-state index contributed by atoms with van der Waals surface area (Å²) in [5.41, 5.74) is 0. The van der Waals surface area contributed by atoms with Gasteiger partial charge in [-0.3, -0.25) is 4.79 Å². The number of ether oxygens (including phenoxy) is 1. The van der Waals surface area contributed by atoms with Crippen molar-refractivity contribution < 1.29 is 14.3 Å². The first kappa shape index (κ1) is 15.5. The Morgan fingerprint density at radius 1 is 1.42 bits per heavy atom. The smallest absolute Gasteiger partial charge is 0.407 e. The zero-order chi connectivity index (χ0) is 14.1. The highest BCUT2D eigenvalue weighted by Gasteiger charge is 2.23. The van der Waals surface area contributed by atoms with E-state index < -0.39 is 6.09 Å². The van der Waals surface area contributed by atoms with Gasteiger partial charge in [-0.1, -0.05) is 26.0 Å². The molecule has 1 fully saturated rings. The predicted octanol–water partition coefficient (Wildman–Crippen LogP) is 2.08. The molecule has 19 heavy (non-hydrogen) atoms. The van der Waals surface area contributed by atoms with Gasteiger partial charge in [0.05, 0.1) is 0 Å². The molecule has 1 N–H and O–H groups in total. The number of rotatable bonds is 6. The fourth-order valence-electron chi connectivity index (χ4n) is 2.10. The Hall–Kier alpha value is -1.52. The van der Waals surface area contributed by atoms with E-state index in [9.17, 15) is 9.59 Å². The molecule has 0 unspecified atom stereocenters. The largest absolute Gasteiger partial charge is 0.445 e. The molecule has 1 heterocycles. The minimum Gasteiger partial charge on any atom is -0.445 e. The van der Waals surface area contributed by atoms with Crippen LogP contribution in [0.3, 0.4) is 0 Å². The lowest BCUT2D eigenvalue weighted by Gasteiger charge is -2.32. The SMILES string of the molecule is C=CCOC(=O)NC1CCN(C(=O)CCCC)CC1. The van der Waals surface area contributed by atoms with Crippen molar-refractivity contribution >= 4 is 12.0 Å². The molecular weight excluding hydrogens is 244 g/mol. The molecule has 0 bridgehead atoms. The van der Waals surface area contributed by atoms with E-state index in [0.29, 0.717) is 6.42 Å². The highest BCUT2D eigenvalue weighted by Crippen LogP contribution is 2.12. The van der Waals surface area contributed by atoms with Gasteiger partial charge >= 0.3 is 6.09 Å². The summed E-state index contributed by atoms with van der Waals surface area (Å²) in [4.78, 5) is 25.1. The molecular formula is C14H24N2O3. The summed E-state index contributed by atoms with van der Waals surface area (Å²) in [5, 5.41) is 2.81. The second kappa shape index (κ2) is 8.56. The Morgan fingerprint density at radius 3 is 2.68 bits per heavy atom. The minimum absolute atomic E-state index is 0.104. The van der Waals surface area contributed by atoms with Crippen LogP contribution in [0.4, 0.5) is 4.79 Å². The zero-order valence-electron chi connectivity index (χ0n) is 11.7. The molecule has 0 aromatic carbocycles. The number of carbonyl (C=O) groups excluding carboxylic acids is 2. The van der Waals surface area contributed by atoms with Gasteiger partial charge < -0.3 is 15.0 Å². The van der Waals surface area contributed by atoms with Crippen LogP contribution in [-0.4, -0.2) is 42.6 Å². The number of nitrogens with zero attached hydrogens (tertiary/aromatic N) is 1. The number of alkyl carbamates (subject to hydrolysis) is 1. The second-order valence-corrected chi connectivity index (χ2v) is 4.79. The molecule has 0 saturated carbocycles. The van der Waals surface area contributed by atoms with E-state index in [1.54, 1.807) is 0 Å². The summed E-state index contributed by atoms with van der Waals surface area (Å²) >= 11 is 0. The molecule has 1 rings (SSSR count). The normalized spacial score (nSPS) is 15.9. The van der Waals surface area contributed by atoms with Crippen molar-refractivity contribution in [2.45, 2.75) is 45.1 Å². The van der Waals surface area contributed by atoms with Crippen molar-refractivity contribution in [1.82, 2.24) is 10.2 Å². The molecule has 0 atom stereocenters. The van der Waals surface area contributed by atoms with E-state index in [1.807, 2.05) is 4.90 Å². The summed E-state index contributed by atoms with van der Waals surface area (Å²) < 4.78 is 4.87. The predicted molar refractivity (Wildman–Crippen MR) is 73.8 cm³/mol. The number of piperidine rings is 1. The molecule has 5 nitrogen and oxygen atoms in total. The molecule has 108 valence electrons. The lowest BCUT2D eigenvalue weighted by molar-refractivity contribution is -0.132. The van der Waals surface area contributed by atoms with Gasteiger partial charge in [-0.05, 0) is 19.3 Å². The first-order valence-electron chi connectivity index (χ1n) is 6.99. The van der Waals surface area contributed by atoms with Gasteiger partial charge in [-0.25, -0.2) is 4.79 Å². The Morgan fingerprint density at radius 2 is 2.11 bits per heavy atom. The molecule has 0 aromatic heterocycles. The van der Waals surface area contributed by atoms with Crippen LogP contribution in [0.25, 0.3) is 0 Å². The zero-order valence-corrected chi connectivity index (χ0v) is 11.7. The van der Waals surface area contributed by atoms with Crippen LogP contribution < -0.4 is 5.32 Å². The molecule has 1 aliphatic heterocycles. The van der Waals surface area contributed by atoms with Crippen LogP contribution in [0.2, 0.25) is 0 Å². The van der Waals surface area contributed by atoms with Crippen molar-refractivity contribution in [2.24, 2.45) is 0 Å². The van der Waals surface area contributed by atoms with Crippen LogP contribution in [0.15, 0.2) is 12.7 Å². The maximum atomic E-state index is 11.8. The number of likely N-dealkylation sites (tertiary alicyclic amines) is 1.